The molecule has 2 rings (SSSR count). The Kier molecular flexibility index (Phi) is 3.52. The average molecular weight is 219 g/mol. The van der Waals surface area contributed by atoms with E-state index in [4.69, 9.17) is 11.0 Å². The second-order valence-electron chi connectivity index (χ2n) is 4.28. The second kappa shape index (κ2) is 5.08. The smallest absolute Gasteiger partial charge is 0.130 e. The molecular weight excluding hydrogens is 202 g/mol. The zero-order chi connectivity index (χ0) is 11.4. The van der Waals surface area contributed by atoms with Gasteiger partial charge in [-0.15, -0.1) is 5.10 Å². The maximum Gasteiger partial charge on any atom is 0.130 e. The lowest BCUT2D eigenvalue weighted by molar-refractivity contribution is 0.419. The van der Waals surface area contributed by atoms with Gasteiger partial charge in [-0.3, -0.25) is 0 Å². The SMILES string of the molecule is N#CCn1nnc(CN)c1C1CCCCC1. The number of hydrogen-bond acceptors (Lipinski definition) is 4. The highest BCUT2D eigenvalue weighted by Gasteiger charge is 2.23. The molecule has 0 unspecified atom stereocenters. The third-order valence-electron chi connectivity index (χ3n) is 3.25. The second-order valence-corrected chi connectivity index (χ2v) is 4.28. The maximum atomic E-state index is 8.75. The van der Waals surface area contributed by atoms with Gasteiger partial charge in [0, 0.05) is 12.5 Å². The van der Waals surface area contributed by atoms with Gasteiger partial charge in [0.2, 0.25) is 0 Å². The van der Waals surface area contributed by atoms with Gasteiger partial charge < -0.3 is 5.73 Å². The van der Waals surface area contributed by atoms with Crippen molar-refractivity contribution in [3.63, 3.8) is 0 Å². The molecule has 16 heavy (non-hydrogen) atoms. The molecule has 0 saturated heterocycles. The lowest BCUT2D eigenvalue weighted by Crippen LogP contribution is -2.14. The Morgan fingerprint density at radius 2 is 2.12 bits per heavy atom. The molecule has 1 aromatic rings. The zero-order valence-electron chi connectivity index (χ0n) is 9.39. The quantitative estimate of drug-likeness (QED) is 0.831. The van der Waals surface area contributed by atoms with Crippen LogP contribution in [-0.2, 0) is 13.1 Å². The first-order chi connectivity index (χ1) is 7.86. The Labute approximate surface area is 95.2 Å². The topological polar surface area (TPSA) is 80.5 Å². The first-order valence-corrected chi connectivity index (χ1v) is 5.86. The molecule has 1 aliphatic rings. The van der Waals surface area contributed by atoms with Crippen LogP contribution >= 0.6 is 0 Å². The number of aromatic nitrogens is 3. The highest BCUT2D eigenvalue weighted by molar-refractivity contribution is 5.16. The fraction of sp³-hybridized carbons (Fsp3) is 0.727. The van der Waals surface area contributed by atoms with Crippen LogP contribution in [0.3, 0.4) is 0 Å². The molecule has 1 fully saturated rings. The highest BCUT2D eigenvalue weighted by atomic mass is 15.4. The van der Waals surface area contributed by atoms with E-state index in [0.29, 0.717) is 12.5 Å². The van der Waals surface area contributed by atoms with Crippen molar-refractivity contribution in [1.82, 2.24) is 15.0 Å². The van der Waals surface area contributed by atoms with Crippen LogP contribution in [-0.4, -0.2) is 15.0 Å². The molecule has 2 N–H and O–H groups in total. The minimum atomic E-state index is 0.277. The fourth-order valence-electron chi connectivity index (χ4n) is 2.51. The molecule has 0 bridgehead atoms. The van der Waals surface area contributed by atoms with Crippen LogP contribution in [0.5, 0.6) is 0 Å². The highest BCUT2D eigenvalue weighted by Crippen LogP contribution is 2.33. The average Bonchev–Trinajstić information content (AvgIpc) is 2.74. The van der Waals surface area contributed by atoms with Crippen molar-refractivity contribution in [3.05, 3.63) is 11.4 Å². The largest absolute Gasteiger partial charge is 0.325 e. The van der Waals surface area contributed by atoms with Crippen molar-refractivity contribution < 1.29 is 0 Å². The molecule has 5 heteroatoms. The third-order valence-corrected chi connectivity index (χ3v) is 3.25. The lowest BCUT2D eigenvalue weighted by Gasteiger charge is -2.22. The van der Waals surface area contributed by atoms with Crippen molar-refractivity contribution in [2.75, 3.05) is 0 Å². The van der Waals surface area contributed by atoms with E-state index in [-0.39, 0.29) is 6.54 Å². The van der Waals surface area contributed by atoms with Crippen LogP contribution < -0.4 is 5.73 Å². The van der Waals surface area contributed by atoms with Gasteiger partial charge in [0.15, 0.2) is 0 Å². The van der Waals surface area contributed by atoms with Gasteiger partial charge in [0.25, 0.3) is 0 Å². The molecule has 0 aromatic carbocycles. The molecule has 1 heterocycles. The maximum absolute atomic E-state index is 8.75. The number of hydrogen-bond donors (Lipinski definition) is 1. The van der Waals surface area contributed by atoms with Gasteiger partial charge in [0.05, 0.1) is 17.5 Å². The van der Waals surface area contributed by atoms with Crippen molar-refractivity contribution in [2.45, 2.75) is 51.1 Å². The summed E-state index contributed by atoms with van der Waals surface area (Å²) in [5.74, 6) is 0.496. The lowest BCUT2D eigenvalue weighted by atomic mass is 9.86. The normalized spacial score (nSPS) is 17.2. The van der Waals surface area contributed by atoms with E-state index in [1.807, 2.05) is 0 Å². The summed E-state index contributed by atoms with van der Waals surface area (Å²) >= 11 is 0. The summed E-state index contributed by atoms with van der Waals surface area (Å²) in [5.41, 5.74) is 7.63. The molecule has 0 amide bonds. The summed E-state index contributed by atoms with van der Waals surface area (Å²) in [6, 6.07) is 2.12. The molecule has 0 spiro atoms. The molecule has 86 valence electrons. The molecular formula is C11H17N5. The van der Waals surface area contributed by atoms with E-state index in [1.165, 1.54) is 32.1 Å². The summed E-state index contributed by atoms with van der Waals surface area (Å²) in [7, 11) is 0. The van der Waals surface area contributed by atoms with Gasteiger partial charge in [-0.25, -0.2) is 4.68 Å². The monoisotopic (exact) mass is 219 g/mol. The number of nitriles is 1. The Bertz CT molecular complexity index is 384. The first kappa shape index (κ1) is 11.1. The van der Waals surface area contributed by atoms with Crippen LogP contribution in [0.1, 0.15) is 49.4 Å². The zero-order valence-corrected chi connectivity index (χ0v) is 9.39. The Morgan fingerprint density at radius 3 is 2.75 bits per heavy atom. The van der Waals surface area contributed by atoms with E-state index in [1.54, 1.807) is 4.68 Å². The van der Waals surface area contributed by atoms with Gasteiger partial charge in [-0.2, -0.15) is 5.26 Å². The summed E-state index contributed by atoms with van der Waals surface area (Å²) in [6.07, 6.45) is 6.17. The predicted octanol–water partition coefficient (Wildman–Crippen LogP) is 1.31. The minimum Gasteiger partial charge on any atom is -0.325 e. The van der Waals surface area contributed by atoms with Crippen LogP contribution in [0.15, 0.2) is 0 Å². The Balaban J connectivity index is 2.27. The summed E-state index contributed by atoms with van der Waals surface area (Å²) < 4.78 is 1.72. The predicted molar refractivity (Wildman–Crippen MR) is 59.4 cm³/mol. The van der Waals surface area contributed by atoms with Crippen LogP contribution in [0.4, 0.5) is 0 Å². The van der Waals surface area contributed by atoms with Crippen LogP contribution in [0, 0.1) is 11.3 Å². The van der Waals surface area contributed by atoms with Gasteiger partial charge in [-0.1, -0.05) is 24.5 Å². The third kappa shape index (κ3) is 2.07. The summed E-state index contributed by atoms with van der Waals surface area (Å²) in [6.45, 7) is 0.691. The van der Waals surface area contributed by atoms with Gasteiger partial charge >= 0.3 is 0 Å². The minimum absolute atomic E-state index is 0.277. The summed E-state index contributed by atoms with van der Waals surface area (Å²) in [4.78, 5) is 0. The molecule has 1 aliphatic carbocycles. The number of nitrogens with two attached hydrogens (primary N) is 1. The Morgan fingerprint density at radius 1 is 1.38 bits per heavy atom. The first-order valence-electron chi connectivity index (χ1n) is 5.86. The van der Waals surface area contributed by atoms with Crippen molar-refractivity contribution in [1.29, 1.82) is 5.26 Å². The fourth-order valence-corrected chi connectivity index (χ4v) is 2.51. The molecule has 0 radical (unpaired) electrons. The molecule has 1 saturated carbocycles. The van der Waals surface area contributed by atoms with Gasteiger partial charge in [-0.05, 0) is 12.8 Å². The molecule has 1 aromatic heterocycles. The van der Waals surface area contributed by atoms with E-state index < -0.39 is 0 Å². The van der Waals surface area contributed by atoms with Crippen LogP contribution in [0.25, 0.3) is 0 Å². The van der Waals surface area contributed by atoms with E-state index in [9.17, 15) is 0 Å². The van der Waals surface area contributed by atoms with E-state index >= 15 is 0 Å². The van der Waals surface area contributed by atoms with E-state index in [2.05, 4.69) is 16.4 Å². The number of nitrogens with zero attached hydrogens (tertiary/aromatic N) is 4. The molecule has 0 aliphatic heterocycles. The van der Waals surface area contributed by atoms with Crippen molar-refractivity contribution >= 4 is 0 Å². The molecule has 0 atom stereocenters. The molecule has 5 nitrogen and oxygen atoms in total. The number of rotatable bonds is 3. The van der Waals surface area contributed by atoms with E-state index in [0.717, 1.165) is 11.4 Å². The Hall–Kier alpha value is -1.41. The van der Waals surface area contributed by atoms with Crippen molar-refractivity contribution in [3.8, 4) is 6.07 Å². The van der Waals surface area contributed by atoms with Gasteiger partial charge in [0.1, 0.15) is 6.54 Å². The van der Waals surface area contributed by atoms with Crippen molar-refractivity contribution in [2.24, 2.45) is 5.73 Å². The summed E-state index contributed by atoms with van der Waals surface area (Å²) in [5, 5.41) is 16.8. The van der Waals surface area contributed by atoms with Crippen LogP contribution in [0.2, 0.25) is 0 Å². The standard InChI is InChI=1S/C11H17N5/c12-6-7-16-11(10(8-13)14-15-16)9-4-2-1-3-5-9/h9H,1-5,7-8,13H2.